The van der Waals surface area contributed by atoms with Gasteiger partial charge in [-0.25, -0.2) is 9.97 Å². The van der Waals surface area contributed by atoms with Crippen molar-refractivity contribution in [2.24, 2.45) is 0 Å². The monoisotopic (exact) mass is 262 g/mol. The number of amides is 1. The smallest absolute Gasteiger partial charge is 0.263 e. The number of rotatable bonds is 3. The highest BCUT2D eigenvalue weighted by Crippen LogP contribution is 2.06. The quantitative estimate of drug-likeness (QED) is 0.719. The zero-order chi connectivity index (χ0) is 14.0. The third-order valence-corrected chi connectivity index (χ3v) is 2.52. The predicted molar refractivity (Wildman–Crippen MR) is 66.6 cm³/mol. The molecule has 0 spiro atoms. The number of aryl methyl sites for hydroxylation is 2. The third kappa shape index (κ3) is 2.84. The first kappa shape index (κ1) is 12.9. The zero-order valence-electron chi connectivity index (χ0n) is 10.8. The van der Waals surface area contributed by atoms with E-state index in [1.807, 2.05) is 0 Å². The van der Waals surface area contributed by atoms with Crippen LogP contribution < -0.4 is 10.9 Å². The number of H-pyrrole nitrogens is 2. The molecule has 8 heteroatoms. The number of carbonyl (C=O) groups is 1. The van der Waals surface area contributed by atoms with Crippen molar-refractivity contribution in [3.05, 3.63) is 39.6 Å². The Morgan fingerprint density at radius 3 is 2.68 bits per heavy atom. The summed E-state index contributed by atoms with van der Waals surface area (Å²) >= 11 is 0. The van der Waals surface area contributed by atoms with Crippen molar-refractivity contribution in [2.75, 3.05) is 0 Å². The number of nitrogens with one attached hydrogen (secondary N) is 3. The Labute approximate surface area is 108 Å². The Morgan fingerprint density at radius 1 is 1.37 bits per heavy atom. The minimum absolute atomic E-state index is 0.0373. The molecule has 0 bridgehead atoms. The molecule has 0 radical (unpaired) electrons. The van der Waals surface area contributed by atoms with E-state index in [1.54, 1.807) is 20.8 Å². The molecule has 2 aromatic heterocycles. The van der Waals surface area contributed by atoms with Gasteiger partial charge in [-0.05, 0) is 20.8 Å². The van der Waals surface area contributed by atoms with Gasteiger partial charge >= 0.3 is 0 Å². The van der Waals surface area contributed by atoms with Crippen LogP contribution in [0, 0.1) is 13.8 Å². The van der Waals surface area contributed by atoms with Crippen molar-refractivity contribution >= 4 is 5.91 Å². The highest BCUT2D eigenvalue weighted by Gasteiger charge is 2.17. The van der Waals surface area contributed by atoms with Crippen LogP contribution in [0.15, 0.2) is 11.0 Å². The van der Waals surface area contributed by atoms with Gasteiger partial charge in [0, 0.05) is 6.20 Å². The molecular weight excluding hydrogens is 248 g/mol. The fourth-order valence-electron chi connectivity index (χ4n) is 1.54. The van der Waals surface area contributed by atoms with E-state index in [2.05, 4.69) is 30.5 Å². The molecular formula is C11H14N6O2. The average molecular weight is 262 g/mol. The van der Waals surface area contributed by atoms with Gasteiger partial charge in [-0.2, -0.15) is 5.10 Å². The average Bonchev–Trinajstić information content (AvgIpc) is 2.75. The van der Waals surface area contributed by atoms with E-state index in [0.717, 1.165) is 0 Å². The third-order valence-electron chi connectivity index (χ3n) is 2.52. The van der Waals surface area contributed by atoms with Crippen LogP contribution >= 0.6 is 0 Å². The van der Waals surface area contributed by atoms with Gasteiger partial charge in [0.2, 0.25) is 0 Å². The van der Waals surface area contributed by atoms with E-state index < -0.39 is 17.5 Å². The van der Waals surface area contributed by atoms with Crippen LogP contribution in [0.25, 0.3) is 0 Å². The molecule has 0 aliphatic heterocycles. The van der Waals surface area contributed by atoms with Gasteiger partial charge in [0.05, 0.1) is 6.04 Å². The maximum atomic E-state index is 11.9. The van der Waals surface area contributed by atoms with Crippen molar-refractivity contribution in [2.45, 2.75) is 26.8 Å². The Balaban J connectivity index is 2.15. The number of aromatic amines is 2. The SMILES string of the molecule is Cc1nc([C@H](C)NC(=O)c2cnc(C)[nH]c2=O)n[nH]1. The molecule has 19 heavy (non-hydrogen) atoms. The maximum Gasteiger partial charge on any atom is 0.263 e. The fourth-order valence-corrected chi connectivity index (χ4v) is 1.54. The van der Waals surface area contributed by atoms with Crippen molar-refractivity contribution in [1.82, 2.24) is 30.5 Å². The van der Waals surface area contributed by atoms with Crippen LogP contribution in [0.5, 0.6) is 0 Å². The molecule has 0 saturated heterocycles. The molecule has 8 nitrogen and oxygen atoms in total. The van der Waals surface area contributed by atoms with Crippen LogP contribution in [0.4, 0.5) is 0 Å². The van der Waals surface area contributed by atoms with E-state index in [4.69, 9.17) is 0 Å². The van der Waals surface area contributed by atoms with Gasteiger partial charge in [0.25, 0.3) is 11.5 Å². The highest BCUT2D eigenvalue weighted by molar-refractivity contribution is 5.93. The summed E-state index contributed by atoms with van der Waals surface area (Å²) < 4.78 is 0. The van der Waals surface area contributed by atoms with E-state index in [1.165, 1.54) is 6.20 Å². The Morgan fingerprint density at radius 2 is 2.11 bits per heavy atom. The lowest BCUT2D eigenvalue weighted by Gasteiger charge is -2.09. The Kier molecular flexibility index (Phi) is 3.41. The number of hydrogen-bond acceptors (Lipinski definition) is 5. The fraction of sp³-hybridized carbons (Fsp3) is 0.364. The van der Waals surface area contributed by atoms with Crippen LogP contribution in [0.1, 0.15) is 40.8 Å². The van der Waals surface area contributed by atoms with E-state index in [-0.39, 0.29) is 5.56 Å². The summed E-state index contributed by atoms with van der Waals surface area (Å²) in [4.78, 5) is 34.0. The molecule has 0 aliphatic carbocycles. The minimum Gasteiger partial charge on any atom is -0.342 e. The topological polar surface area (TPSA) is 116 Å². The van der Waals surface area contributed by atoms with Crippen molar-refractivity contribution in [1.29, 1.82) is 0 Å². The van der Waals surface area contributed by atoms with Gasteiger partial charge < -0.3 is 10.3 Å². The van der Waals surface area contributed by atoms with E-state index in [0.29, 0.717) is 17.5 Å². The number of carbonyl (C=O) groups excluding carboxylic acids is 1. The maximum absolute atomic E-state index is 11.9. The lowest BCUT2D eigenvalue weighted by molar-refractivity contribution is 0.0936. The number of aromatic nitrogens is 5. The molecule has 0 fully saturated rings. The van der Waals surface area contributed by atoms with Crippen molar-refractivity contribution < 1.29 is 4.79 Å². The minimum atomic E-state index is -0.510. The normalized spacial score (nSPS) is 12.2. The van der Waals surface area contributed by atoms with Crippen LogP contribution in [0.3, 0.4) is 0 Å². The molecule has 1 atom stereocenters. The van der Waals surface area contributed by atoms with Gasteiger partial charge in [0.1, 0.15) is 17.2 Å². The molecule has 0 saturated carbocycles. The molecule has 2 heterocycles. The molecule has 0 unspecified atom stereocenters. The molecule has 100 valence electrons. The summed E-state index contributed by atoms with van der Waals surface area (Å²) in [5.74, 6) is 1.07. The first-order valence-electron chi connectivity index (χ1n) is 5.73. The van der Waals surface area contributed by atoms with Crippen molar-refractivity contribution in [3.8, 4) is 0 Å². The van der Waals surface area contributed by atoms with Crippen LogP contribution in [-0.4, -0.2) is 31.1 Å². The van der Waals surface area contributed by atoms with Gasteiger partial charge in [0.15, 0.2) is 5.82 Å². The molecule has 2 rings (SSSR count). The van der Waals surface area contributed by atoms with E-state index in [9.17, 15) is 9.59 Å². The summed E-state index contributed by atoms with van der Waals surface area (Å²) in [6.45, 7) is 5.14. The molecule has 1 amide bonds. The van der Waals surface area contributed by atoms with Crippen molar-refractivity contribution in [3.63, 3.8) is 0 Å². The first-order chi connectivity index (χ1) is 8.97. The number of hydrogen-bond donors (Lipinski definition) is 3. The standard InChI is InChI=1S/C11H14N6O2/c1-5(9-14-7(3)16-17-9)13-10(18)8-4-12-6(2)15-11(8)19/h4-5H,1-3H3,(H,13,18)(H,12,15,19)(H,14,16,17)/t5-/m0/s1. The van der Waals surface area contributed by atoms with Crippen LogP contribution in [0.2, 0.25) is 0 Å². The summed E-state index contributed by atoms with van der Waals surface area (Å²) in [7, 11) is 0. The zero-order valence-corrected chi connectivity index (χ0v) is 10.8. The highest BCUT2D eigenvalue weighted by atomic mass is 16.2. The largest absolute Gasteiger partial charge is 0.342 e. The summed E-state index contributed by atoms with van der Waals surface area (Å²) in [6.07, 6.45) is 1.25. The van der Waals surface area contributed by atoms with Gasteiger partial charge in [-0.15, -0.1) is 0 Å². The first-order valence-corrected chi connectivity index (χ1v) is 5.73. The number of nitrogens with zero attached hydrogens (tertiary/aromatic N) is 3. The summed E-state index contributed by atoms with van der Waals surface area (Å²) in [5.41, 5.74) is -0.506. The molecule has 0 aromatic carbocycles. The molecule has 3 N–H and O–H groups in total. The summed E-state index contributed by atoms with van der Waals surface area (Å²) in [5, 5.41) is 9.28. The van der Waals surface area contributed by atoms with Crippen LogP contribution in [-0.2, 0) is 0 Å². The Hall–Kier alpha value is -2.51. The Bertz CT molecular complexity index is 659. The second kappa shape index (κ2) is 5.01. The van der Waals surface area contributed by atoms with E-state index >= 15 is 0 Å². The predicted octanol–water partition coefficient (Wildman–Crippen LogP) is -0.00416. The summed E-state index contributed by atoms with van der Waals surface area (Å²) in [6, 6.07) is -0.404. The van der Waals surface area contributed by atoms with Gasteiger partial charge in [-0.1, -0.05) is 0 Å². The molecule has 2 aromatic rings. The second-order valence-electron chi connectivity index (χ2n) is 4.19. The second-order valence-corrected chi connectivity index (χ2v) is 4.19. The van der Waals surface area contributed by atoms with Gasteiger partial charge in [-0.3, -0.25) is 14.7 Å². The molecule has 0 aliphatic rings. The lowest BCUT2D eigenvalue weighted by atomic mass is 10.2. The lowest BCUT2D eigenvalue weighted by Crippen LogP contribution is -2.32.